The van der Waals surface area contributed by atoms with E-state index in [-0.39, 0.29) is 5.91 Å². The molecule has 0 saturated heterocycles. The maximum absolute atomic E-state index is 13.0. The van der Waals surface area contributed by atoms with Gasteiger partial charge in [0.15, 0.2) is 17.1 Å². The van der Waals surface area contributed by atoms with Gasteiger partial charge in [0.1, 0.15) is 13.2 Å². The summed E-state index contributed by atoms with van der Waals surface area (Å²) in [5, 5.41) is 8.30. The van der Waals surface area contributed by atoms with Crippen LogP contribution in [0.2, 0.25) is 0 Å². The fourth-order valence-corrected chi connectivity index (χ4v) is 4.00. The van der Waals surface area contributed by atoms with Crippen molar-refractivity contribution >= 4 is 16.9 Å². The Bertz CT molecular complexity index is 1310. The molecule has 3 heterocycles. The van der Waals surface area contributed by atoms with Crippen LogP contribution in [-0.4, -0.2) is 40.4 Å². The first-order valence-electron chi connectivity index (χ1n) is 11.1. The van der Waals surface area contributed by atoms with E-state index in [1.165, 1.54) is 5.56 Å². The third kappa shape index (κ3) is 4.53. The summed E-state index contributed by atoms with van der Waals surface area (Å²) < 4.78 is 13.1. The number of amides is 1. The molecule has 2 aromatic heterocycles. The van der Waals surface area contributed by atoms with Gasteiger partial charge in [-0.15, -0.1) is 0 Å². The van der Waals surface area contributed by atoms with Gasteiger partial charge in [0.25, 0.3) is 5.91 Å². The van der Waals surface area contributed by atoms with E-state index < -0.39 is 0 Å². The molecule has 1 N–H and O–H groups in total. The number of carbonyl (C=O) groups excluding carboxylic acids is 1. The molecule has 1 aliphatic rings. The zero-order valence-electron chi connectivity index (χ0n) is 18.8. The van der Waals surface area contributed by atoms with E-state index in [1.54, 1.807) is 6.20 Å². The SMILES string of the molecule is Cc1ccc(Cn2ncc3c(C(=O)NCCc4ccc5c(c4)OCCO5)cc(C)nc32)cc1. The molecule has 168 valence electrons. The molecule has 1 amide bonds. The van der Waals surface area contributed by atoms with E-state index in [9.17, 15) is 4.79 Å². The van der Waals surface area contributed by atoms with Crippen LogP contribution in [0.25, 0.3) is 11.0 Å². The standard InChI is InChI=1S/C26H26N4O3/c1-17-3-5-20(6-4-17)16-30-25-22(15-28-30)21(13-18(2)29-25)26(31)27-10-9-19-7-8-23-24(14-19)33-12-11-32-23/h3-8,13-15H,9-12,16H2,1-2H3,(H,27,31). The third-order valence-electron chi connectivity index (χ3n) is 5.74. The van der Waals surface area contributed by atoms with Crippen LogP contribution < -0.4 is 14.8 Å². The normalized spacial score (nSPS) is 12.7. The highest BCUT2D eigenvalue weighted by atomic mass is 16.6. The zero-order valence-corrected chi connectivity index (χ0v) is 18.8. The van der Waals surface area contributed by atoms with Crippen molar-refractivity contribution in [1.82, 2.24) is 20.1 Å². The topological polar surface area (TPSA) is 78.3 Å². The van der Waals surface area contributed by atoms with Crippen LogP contribution in [0.5, 0.6) is 11.5 Å². The second kappa shape index (κ2) is 8.94. The van der Waals surface area contributed by atoms with Crippen LogP contribution >= 0.6 is 0 Å². The summed E-state index contributed by atoms with van der Waals surface area (Å²) in [5.41, 5.74) is 5.53. The van der Waals surface area contributed by atoms with Crippen molar-refractivity contribution < 1.29 is 14.3 Å². The first-order chi connectivity index (χ1) is 16.1. The van der Waals surface area contributed by atoms with Gasteiger partial charge in [-0.25, -0.2) is 9.67 Å². The van der Waals surface area contributed by atoms with Crippen LogP contribution in [-0.2, 0) is 13.0 Å². The van der Waals surface area contributed by atoms with Gasteiger partial charge >= 0.3 is 0 Å². The average molecular weight is 443 g/mol. The van der Waals surface area contributed by atoms with Crippen LogP contribution in [0.4, 0.5) is 0 Å². The Labute approximate surface area is 192 Å². The van der Waals surface area contributed by atoms with Gasteiger partial charge in [-0.2, -0.15) is 5.10 Å². The van der Waals surface area contributed by atoms with E-state index >= 15 is 0 Å². The van der Waals surface area contributed by atoms with Gasteiger partial charge in [0.05, 0.1) is 23.7 Å². The van der Waals surface area contributed by atoms with Gasteiger partial charge in [0, 0.05) is 12.2 Å². The lowest BCUT2D eigenvalue weighted by Crippen LogP contribution is -2.26. The molecule has 0 fully saturated rings. The lowest BCUT2D eigenvalue weighted by Gasteiger charge is -2.18. The Morgan fingerprint density at radius 3 is 2.58 bits per heavy atom. The maximum Gasteiger partial charge on any atom is 0.252 e. The van der Waals surface area contributed by atoms with E-state index in [4.69, 9.17) is 9.47 Å². The molecule has 0 atom stereocenters. The smallest absolute Gasteiger partial charge is 0.252 e. The molecule has 0 spiro atoms. The molecule has 0 bridgehead atoms. The van der Waals surface area contributed by atoms with E-state index in [1.807, 2.05) is 35.9 Å². The second-order valence-corrected chi connectivity index (χ2v) is 8.32. The molecule has 0 aliphatic carbocycles. The largest absolute Gasteiger partial charge is 0.486 e. The number of nitrogens with zero attached hydrogens (tertiary/aromatic N) is 3. The Hall–Kier alpha value is -3.87. The number of aromatic nitrogens is 3. The number of carbonyl (C=O) groups is 1. The fraction of sp³-hybridized carbons (Fsp3) is 0.269. The van der Waals surface area contributed by atoms with Crippen LogP contribution in [0.15, 0.2) is 54.7 Å². The van der Waals surface area contributed by atoms with Crippen molar-refractivity contribution in [2.75, 3.05) is 19.8 Å². The molecule has 7 heteroatoms. The monoisotopic (exact) mass is 442 g/mol. The first kappa shape index (κ1) is 21.0. The molecule has 0 unspecified atom stereocenters. The number of nitrogens with one attached hydrogen (secondary N) is 1. The highest BCUT2D eigenvalue weighted by Crippen LogP contribution is 2.30. The number of ether oxygens (including phenoxy) is 2. The Balaban J connectivity index is 1.30. The minimum Gasteiger partial charge on any atom is -0.486 e. The second-order valence-electron chi connectivity index (χ2n) is 8.32. The van der Waals surface area contributed by atoms with Gasteiger partial charge in [-0.05, 0) is 49.6 Å². The van der Waals surface area contributed by atoms with Crippen LogP contribution in [0, 0.1) is 13.8 Å². The van der Waals surface area contributed by atoms with Crippen LogP contribution in [0.3, 0.4) is 0 Å². The molecule has 4 aromatic rings. The van der Waals surface area contributed by atoms with E-state index in [0.717, 1.165) is 33.7 Å². The van der Waals surface area contributed by atoms with Crippen molar-refractivity contribution in [1.29, 1.82) is 0 Å². The number of benzene rings is 2. The minimum absolute atomic E-state index is 0.127. The fourth-order valence-electron chi connectivity index (χ4n) is 4.00. The minimum atomic E-state index is -0.127. The molecular formula is C26H26N4O3. The summed E-state index contributed by atoms with van der Waals surface area (Å²) in [6.07, 6.45) is 2.42. The van der Waals surface area contributed by atoms with Crippen molar-refractivity contribution in [2.45, 2.75) is 26.8 Å². The molecule has 7 nitrogen and oxygen atoms in total. The predicted octanol–water partition coefficient (Wildman–Crippen LogP) is 3.84. The van der Waals surface area contributed by atoms with Crippen LogP contribution in [0.1, 0.15) is 32.7 Å². The summed E-state index contributed by atoms with van der Waals surface area (Å²) in [6, 6.07) is 16.1. The highest BCUT2D eigenvalue weighted by Gasteiger charge is 2.16. The van der Waals surface area contributed by atoms with Gasteiger partial charge < -0.3 is 14.8 Å². The third-order valence-corrected chi connectivity index (χ3v) is 5.74. The summed E-state index contributed by atoms with van der Waals surface area (Å²) in [6.45, 7) is 6.21. The molecule has 1 aliphatic heterocycles. The molecular weight excluding hydrogens is 416 g/mol. The summed E-state index contributed by atoms with van der Waals surface area (Å²) in [7, 11) is 0. The number of pyridine rings is 1. The zero-order chi connectivity index (χ0) is 22.8. The Morgan fingerprint density at radius 2 is 1.76 bits per heavy atom. The molecule has 0 saturated carbocycles. The van der Waals surface area contributed by atoms with Crippen molar-refractivity contribution in [3.8, 4) is 11.5 Å². The summed E-state index contributed by atoms with van der Waals surface area (Å²) in [5.74, 6) is 1.40. The van der Waals surface area contributed by atoms with Crippen molar-refractivity contribution in [3.05, 3.63) is 82.7 Å². The molecule has 2 aromatic carbocycles. The maximum atomic E-state index is 13.0. The van der Waals surface area contributed by atoms with E-state index in [0.29, 0.717) is 43.9 Å². The van der Waals surface area contributed by atoms with Gasteiger partial charge in [-0.3, -0.25) is 4.79 Å². The lowest BCUT2D eigenvalue weighted by molar-refractivity contribution is 0.0955. The number of hydrogen-bond donors (Lipinski definition) is 1. The lowest BCUT2D eigenvalue weighted by atomic mass is 10.1. The molecule has 33 heavy (non-hydrogen) atoms. The van der Waals surface area contributed by atoms with Gasteiger partial charge in [-0.1, -0.05) is 35.9 Å². The first-order valence-corrected chi connectivity index (χ1v) is 11.1. The number of hydrogen-bond acceptors (Lipinski definition) is 5. The van der Waals surface area contributed by atoms with Crippen molar-refractivity contribution in [3.63, 3.8) is 0 Å². The summed E-state index contributed by atoms with van der Waals surface area (Å²) >= 11 is 0. The predicted molar refractivity (Wildman–Crippen MR) is 126 cm³/mol. The van der Waals surface area contributed by atoms with Gasteiger partial charge in [0.2, 0.25) is 0 Å². The number of aryl methyl sites for hydroxylation is 2. The number of fused-ring (bicyclic) bond motifs is 2. The number of rotatable bonds is 6. The quantitative estimate of drug-likeness (QED) is 0.491. The molecule has 5 rings (SSSR count). The van der Waals surface area contributed by atoms with Crippen molar-refractivity contribution in [2.24, 2.45) is 0 Å². The summed E-state index contributed by atoms with van der Waals surface area (Å²) in [4.78, 5) is 17.7. The molecule has 0 radical (unpaired) electrons. The Morgan fingerprint density at radius 1 is 1.00 bits per heavy atom. The average Bonchev–Trinajstić information content (AvgIpc) is 3.22. The highest BCUT2D eigenvalue weighted by molar-refractivity contribution is 6.05. The van der Waals surface area contributed by atoms with E-state index in [2.05, 4.69) is 46.6 Å². The Kier molecular flexibility index (Phi) is 5.69.